The maximum Gasteiger partial charge on any atom is 0.273 e. The number of benzene rings is 1. The Bertz CT molecular complexity index is 915. The number of hydrogen-bond acceptors (Lipinski definition) is 5. The summed E-state index contributed by atoms with van der Waals surface area (Å²) in [5, 5.41) is 10.9. The third-order valence-electron chi connectivity index (χ3n) is 6.28. The molecule has 2 fully saturated rings. The van der Waals surface area contributed by atoms with E-state index in [1.165, 1.54) is 29.7 Å². The molecule has 1 aliphatic heterocycles. The van der Waals surface area contributed by atoms with Crippen molar-refractivity contribution in [2.24, 2.45) is 5.92 Å². The lowest BCUT2D eigenvalue weighted by molar-refractivity contribution is -0.137. The molecule has 1 saturated heterocycles. The van der Waals surface area contributed by atoms with Crippen LogP contribution in [-0.4, -0.2) is 75.9 Å². The molecule has 31 heavy (non-hydrogen) atoms. The summed E-state index contributed by atoms with van der Waals surface area (Å²) < 4.78 is 14.7. The molecule has 1 saturated carbocycles. The van der Waals surface area contributed by atoms with Gasteiger partial charge in [-0.25, -0.2) is 9.07 Å². The number of halogens is 1. The molecule has 0 radical (unpaired) electrons. The number of rotatable bonds is 6. The van der Waals surface area contributed by atoms with Gasteiger partial charge >= 0.3 is 0 Å². The Hall–Kier alpha value is -2.81. The second-order valence-corrected chi connectivity index (χ2v) is 8.32. The van der Waals surface area contributed by atoms with Crippen LogP contribution in [0, 0.1) is 18.7 Å². The van der Waals surface area contributed by atoms with Gasteiger partial charge in [0, 0.05) is 45.2 Å². The first kappa shape index (κ1) is 21.4. The summed E-state index contributed by atoms with van der Waals surface area (Å²) in [5.74, 6) is -0.0493. The Morgan fingerprint density at radius 1 is 1.10 bits per heavy atom. The molecule has 9 heteroatoms. The number of nitrogens with zero attached hydrogens (tertiary/aromatic N) is 5. The minimum atomic E-state index is -0.330. The molecule has 2 aromatic rings. The highest BCUT2D eigenvalue weighted by atomic mass is 19.1. The number of aromatic nitrogens is 3. The van der Waals surface area contributed by atoms with Crippen molar-refractivity contribution in [2.45, 2.75) is 32.6 Å². The molecular weight excluding hydrogens is 399 g/mol. The van der Waals surface area contributed by atoms with Crippen LogP contribution < -0.4 is 5.32 Å². The highest BCUT2D eigenvalue weighted by Gasteiger charge is 2.29. The predicted molar refractivity (Wildman–Crippen MR) is 113 cm³/mol. The van der Waals surface area contributed by atoms with E-state index in [9.17, 15) is 14.0 Å². The van der Waals surface area contributed by atoms with Gasteiger partial charge in [0.25, 0.3) is 5.91 Å². The predicted octanol–water partition coefficient (Wildman–Crippen LogP) is 1.78. The van der Waals surface area contributed by atoms with Gasteiger partial charge in [-0.05, 0) is 44.0 Å². The Balaban J connectivity index is 1.23. The summed E-state index contributed by atoms with van der Waals surface area (Å²) in [6.07, 6.45) is 4.42. The third-order valence-corrected chi connectivity index (χ3v) is 6.28. The van der Waals surface area contributed by atoms with Crippen LogP contribution in [-0.2, 0) is 4.79 Å². The monoisotopic (exact) mass is 428 g/mol. The zero-order valence-electron chi connectivity index (χ0n) is 17.9. The molecular formula is C22H29FN6O2. The zero-order chi connectivity index (χ0) is 21.8. The van der Waals surface area contributed by atoms with Gasteiger partial charge in [-0.2, -0.15) is 0 Å². The van der Waals surface area contributed by atoms with Gasteiger partial charge in [0.1, 0.15) is 5.82 Å². The van der Waals surface area contributed by atoms with Gasteiger partial charge in [-0.1, -0.05) is 18.1 Å². The first-order chi connectivity index (χ1) is 15.0. The Morgan fingerprint density at radius 3 is 2.45 bits per heavy atom. The molecule has 0 spiro atoms. The largest absolute Gasteiger partial charge is 0.349 e. The number of nitrogens with one attached hydrogen (secondary N) is 1. The van der Waals surface area contributed by atoms with Crippen LogP contribution in [0.4, 0.5) is 4.39 Å². The van der Waals surface area contributed by atoms with Crippen LogP contribution in [0.3, 0.4) is 0 Å². The summed E-state index contributed by atoms with van der Waals surface area (Å²) in [5.41, 5.74) is 1.51. The molecule has 8 nitrogen and oxygen atoms in total. The lowest BCUT2D eigenvalue weighted by atomic mass is 10.1. The van der Waals surface area contributed by atoms with Gasteiger partial charge in [-0.3, -0.25) is 14.5 Å². The van der Waals surface area contributed by atoms with E-state index in [-0.39, 0.29) is 23.3 Å². The van der Waals surface area contributed by atoms with Crippen molar-refractivity contribution in [1.82, 2.24) is 30.1 Å². The molecule has 0 atom stereocenters. The maximum atomic E-state index is 13.1. The molecule has 2 heterocycles. The first-order valence-electron chi connectivity index (χ1n) is 11.0. The highest BCUT2D eigenvalue weighted by Crippen LogP contribution is 2.26. The molecule has 1 aromatic heterocycles. The average Bonchev–Trinajstić information content (AvgIpc) is 3.44. The summed E-state index contributed by atoms with van der Waals surface area (Å²) in [7, 11) is 0. The fourth-order valence-corrected chi connectivity index (χ4v) is 4.40. The molecule has 2 aliphatic rings. The third kappa shape index (κ3) is 4.92. The van der Waals surface area contributed by atoms with Crippen molar-refractivity contribution < 1.29 is 14.0 Å². The van der Waals surface area contributed by atoms with E-state index in [4.69, 9.17) is 0 Å². The summed E-state index contributed by atoms with van der Waals surface area (Å²) in [6.45, 7) is 6.16. The van der Waals surface area contributed by atoms with Gasteiger partial charge in [0.2, 0.25) is 5.91 Å². The molecule has 1 aromatic carbocycles. The van der Waals surface area contributed by atoms with Crippen molar-refractivity contribution in [3.63, 3.8) is 0 Å². The fourth-order valence-electron chi connectivity index (χ4n) is 4.40. The Kier molecular flexibility index (Phi) is 6.60. The standard InChI is InChI=1S/C22H29FN6O2/c1-16-20(25-26-29(16)19-8-6-18(23)7-9-19)21(30)24-10-11-27-12-14-28(15-13-27)22(31)17-4-2-3-5-17/h6-9,17H,2-5,10-15H2,1H3,(H,24,30). The molecule has 1 N–H and O–H groups in total. The van der Waals surface area contributed by atoms with E-state index in [0.717, 1.165) is 45.6 Å². The van der Waals surface area contributed by atoms with Gasteiger partial charge in [0.15, 0.2) is 5.69 Å². The van der Waals surface area contributed by atoms with E-state index in [2.05, 4.69) is 20.5 Å². The second-order valence-electron chi connectivity index (χ2n) is 8.32. The molecule has 166 valence electrons. The molecule has 0 unspecified atom stereocenters. The highest BCUT2D eigenvalue weighted by molar-refractivity contribution is 5.93. The summed E-state index contributed by atoms with van der Waals surface area (Å²) in [4.78, 5) is 29.3. The van der Waals surface area contributed by atoms with E-state index in [0.29, 0.717) is 23.8 Å². The van der Waals surface area contributed by atoms with Gasteiger partial charge in [0.05, 0.1) is 11.4 Å². The molecule has 2 amide bonds. The lowest BCUT2D eigenvalue weighted by Gasteiger charge is -2.36. The van der Waals surface area contributed by atoms with E-state index < -0.39 is 0 Å². The number of carbonyl (C=O) groups excluding carboxylic acids is 2. The van der Waals surface area contributed by atoms with Crippen LogP contribution in [0.1, 0.15) is 41.9 Å². The van der Waals surface area contributed by atoms with Crippen LogP contribution in [0.2, 0.25) is 0 Å². The molecule has 0 bridgehead atoms. The number of piperazine rings is 1. The summed E-state index contributed by atoms with van der Waals surface area (Å²) in [6, 6.07) is 5.88. The van der Waals surface area contributed by atoms with Gasteiger partial charge < -0.3 is 10.2 Å². The van der Waals surface area contributed by atoms with Crippen LogP contribution >= 0.6 is 0 Å². The summed E-state index contributed by atoms with van der Waals surface area (Å²) >= 11 is 0. The van der Waals surface area contributed by atoms with Crippen molar-refractivity contribution in [1.29, 1.82) is 0 Å². The van der Waals surface area contributed by atoms with E-state index >= 15 is 0 Å². The van der Waals surface area contributed by atoms with Crippen LogP contribution in [0.5, 0.6) is 0 Å². The normalized spacial score (nSPS) is 17.8. The van der Waals surface area contributed by atoms with E-state index in [1.54, 1.807) is 19.1 Å². The van der Waals surface area contributed by atoms with Crippen LogP contribution in [0.15, 0.2) is 24.3 Å². The zero-order valence-corrected chi connectivity index (χ0v) is 17.9. The maximum absolute atomic E-state index is 13.1. The number of hydrogen-bond donors (Lipinski definition) is 1. The van der Waals surface area contributed by atoms with Crippen molar-refractivity contribution in [2.75, 3.05) is 39.3 Å². The molecule has 4 rings (SSSR count). The topological polar surface area (TPSA) is 83.4 Å². The lowest BCUT2D eigenvalue weighted by Crippen LogP contribution is -2.51. The van der Waals surface area contributed by atoms with Crippen molar-refractivity contribution in [3.8, 4) is 5.69 Å². The smallest absolute Gasteiger partial charge is 0.273 e. The average molecular weight is 429 g/mol. The van der Waals surface area contributed by atoms with Crippen molar-refractivity contribution >= 4 is 11.8 Å². The van der Waals surface area contributed by atoms with Crippen LogP contribution in [0.25, 0.3) is 5.69 Å². The fraction of sp³-hybridized carbons (Fsp3) is 0.545. The molecule has 1 aliphatic carbocycles. The second kappa shape index (κ2) is 9.55. The Labute approximate surface area is 181 Å². The minimum Gasteiger partial charge on any atom is -0.349 e. The Morgan fingerprint density at radius 2 is 1.77 bits per heavy atom. The minimum absolute atomic E-state index is 0.234. The quantitative estimate of drug-likeness (QED) is 0.758. The number of amides is 2. The van der Waals surface area contributed by atoms with E-state index in [1.807, 2.05) is 4.90 Å². The number of carbonyl (C=O) groups is 2. The van der Waals surface area contributed by atoms with Crippen molar-refractivity contribution in [3.05, 3.63) is 41.5 Å². The SMILES string of the molecule is Cc1c(C(=O)NCCN2CCN(C(=O)C3CCCC3)CC2)nnn1-c1ccc(F)cc1. The first-order valence-corrected chi connectivity index (χ1v) is 11.0. The van der Waals surface area contributed by atoms with Gasteiger partial charge in [-0.15, -0.1) is 5.10 Å².